The number of rotatable bonds is 3. The maximum absolute atomic E-state index is 13.6. The van der Waals surface area contributed by atoms with Crippen molar-refractivity contribution < 1.29 is 14.1 Å². The van der Waals surface area contributed by atoms with Crippen LogP contribution in [0.1, 0.15) is 15.9 Å². The summed E-state index contributed by atoms with van der Waals surface area (Å²) in [6.45, 7) is 1.78. The van der Waals surface area contributed by atoms with E-state index in [9.17, 15) is 19.3 Å². The first-order valence-corrected chi connectivity index (χ1v) is 6.27. The Morgan fingerprint density at radius 3 is 2.62 bits per heavy atom. The van der Waals surface area contributed by atoms with E-state index in [-0.39, 0.29) is 16.9 Å². The van der Waals surface area contributed by atoms with E-state index in [2.05, 4.69) is 5.32 Å². The number of anilines is 1. The Morgan fingerprint density at radius 1 is 1.29 bits per heavy atom. The van der Waals surface area contributed by atoms with Gasteiger partial charge in [-0.25, -0.2) is 4.39 Å². The molecule has 0 aliphatic rings. The summed E-state index contributed by atoms with van der Waals surface area (Å²) < 4.78 is 13.6. The fourth-order valence-electron chi connectivity index (χ4n) is 1.65. The molecule has 0 heterocycles. The summed E-state index contributed by atoms with van der Waals surface area (Å²) in [6, 6.07) is 7.54. The Labute approximate surface area is 124 Å². The van der Waals surface area contributed by atoms with E-state index >= 15 is 0 Å². The molecule has 0 unspecified atom stereocenters. The first-order valence-electron chi connectivity index (χ1n) is 5.90. The van der Waals surface area contributed by atoms with Crippen LogP contribution >= 0.6 is 11.6 Å². The third-order valence-corrected chi connectivity index (χ3v) is 3.25. The zero-order valence-electron chi connectivity index (χ0n) is 10.9. The Bertz CT molecular complexity index is 734. The molecule has 21 heavy (non-hydrogen) atoms. The average molecular weight is 309 g/mol. The van der Waals surface area contributed by atoms with Gasteiger partial charge in [-0.05, 0) is 30.7 Å². The van der Waals surface area contributed by atoms with Gasteiger partial charge in [-0.3, -0.25) is 14.9 Å². The number of amides is 1. The average Bonchev–Trinajstić information content (AvgIpc) is 2.43. The lowest BCUT2D eigenvalue weighted by atomic mass is 10.1. The van der Waals surface area contributed by atoms with Crippen LogP contribution in [-0.4, -0.2) is 10.8 Å². The number of nitrogens with zero attached hydrogens (tertiary/aromatic N) is 1. The molecular weight excluding hydrogens is 299 g/mol. The molecule has 0 saturated heterocycles. The molecule has 0 radical (unpaired) electrons. The molecule has 2 aromatic carbocycles. The summed E-state index contributed by atoms with van der Waals surface area (Å²) in [5.74, 6) is -1.36. The van der Waals surface area contributed by atoms with E-state index in [1.165, 1.54) is 12.1 Å². The second kappa shape index (κ2) is 5.88. The second-order valence-electron chi connectivity index (χ2n) is 4.34. The molecule has 0 aliphatic carbocycles. The number of non-ortho nitro benzene ring substituents is 1. The third-order valence-electron chi connectivity index (χ3n) is 2.84. The molecule has 0 fully saturated rings. The number of nitrogens with one attached hydrogen (secondary N) is 1. The minimum Gasteiger partial charge on any atom is -0.319 e. The molecule has 0 saturated carbocycles. The van der Waals surface area contributed by atoms with Gasteiger partial charge in [0.1, 0.15) is 5.82 Å². The Morgan fingerprint density at radius 2 is 2.00 bits per heavy atom. The normalized spacial score (nSPS) is 10.2. The SMILES string of the molecule is Cc1ccc(C(=O)Nc2cc([N+](=O)[O-])ccc2F)cc1Cl. The van der Waals surface area contributed by atoms with Gasteiger partial charge in [0.25, 0.3) is 11.6 Å². The van der Waals surface area contributed by atoms with Gasteiger partial charge in [0, 0.05) is 22.7 Å². The van der Waals surface area contributed by atoms with Crippen molar-refractivity contribution in [2.75, 3.05) is 5.32 Å². The number of nitro groups is 1. The number of hydrogen-bond acceptors (Lipinski definition) is 3. The zero-order valence-corrected chi connectivity index (χ0v) is 11.6. The minimum absolute atomic E-state index is 0.233. The molecule has 2 rings (SSSR count). The van der Waals surface area contributed by atoms with E-state index in [4.69, 9.17) is 11.6 Å². The molecular formula is C14H10ClFN2O3. The predicted octanol–water partition coefficient (Wildman–Crippen LogP) is 3.95. The van der Waals surface area contributed by atoms with Crippen molar-refractivity contribution >= 4 is 28.9 Å². The van der Waals surface area contributed by atoms with Crippen molar-refractivity contribution in [3.63, 3.8) is 0 Å². The molecule has 2 aromatic rings. The van der Waals surface area contributed by atoms with Gasteiger partial charge in [0.2, 0.25) is 0 Å². The highest BCUT2D eigenvalue weighted by Gasteiger charge is 2.14. The van der Waals surface area contributed by atoms with Crippen LogP contribution in [0.25, 0.3) is 0 Å². The lowest BCUT2D eigenvalue weighted by Crippen LogP contribution is -2.13. The second-order valence-corrected chi connectivity index (χ2v) is 4.75. The number of carbonyl (C=O) groups excluding carboxylic acids is 1. The van der Waals surface area contributed by atoms with E-state index in [0.29, 0.717) is 5.02 Å². The van der Waals surface area contributed by atoms with Gasteiger partial charge < -0.3 is 5.32 Å². The molecule has 0 aliphatic heterocycles. The van der Waals surface area contributed by atoms with Crippen LogP contribution in [0.4, 0.5) is 15.8 Å². The lowest BCUT2D eigenvalue weighted by molar-refractivity contribution is -0.384. The molecule has 0 spiro atoms. The number of carbonyl (C=O) groups is 1. The number of benzene rings is 2. The molecule has 5 nitrogen and oxygen atoms in total. The summed E-state index contributed by atoms with van der Waals surface area (Å²) in [6.07, 6.45) is 0. The summed E-state index contributed by atoms with van der Waals surface area (Å²) in [5, 5.41) is 13.4. The van der Waals surface area contributed by atoms with Crippen molar-refractivity contribution in [2.24, 2.45) is 0 Å². The first-order chi connectivity index (χ1) is 9.88. The van der Waals surface area contributed by atoms with Gasteiger partial charge in [0.15, 0.2) is 0 Å². The van der Waals surface area contributed by atoms with E-state index in [0.717, 1.165) is 23.8 Å². The van der Waals surface area contributed by atoms with Crippen molar-refractivity contribution in [2.45, 2.75) is 6.92 Å². The number of halogens is 2. The lowest BCUT2D eigenvalue weighted by Gasteiger charge is -2.07. The highest BCUT2D eigenvalue weighted by molar-refractivity contribution is 6.31. The van der Waals surface area contributed by atoms with Crippen LogP contribution in [0.5, 0.6) is 0 Å². The molecule has 1 amide bonds. The minimum atomic E-state index is -0.757. The van der Waals surface area contributed by atoms with Crippen molar-refractivity contribution in [3.05, 3.63) is 68.5 Å². The zero-order chi connectivity index (χ0) is 15.6. The Balaban J connectivity index is 2.28. The highest BCUT2D eigenvalue weighted by atomic mass is 35.5. The quantitative estimate of drug-likeness (QED) is 0.689. The van der Waals surface area contributed by atoms with Crippen LogP contribution in [0, 0.1) is 22.9 Å². The standard InChI is InChI=1S/C14H10ClFN2O3/c1-8-2-3-9(6-11(8)15)14(19)17-13-7-10(18(20)21)4-5-12(13)16/h2-7H,1H3,(H,17,19). The van der Waals surface area contributed by atoms with Crippen LogP contribution in [0.2, 0.25) is 5.02 Å². The fraction of sp³-hybridized carbons (Fsp3) is 0.0714. The molecule has 0 aromatic heterocycles. The molecule has 108 valence electrons. The Kier molecular flexibility index (Phi) is 4.18. The van der Waals surface area contributed by atoms with Crippen molar-refractivity contribution in [1.82, 2.24) is 0 Å². The predicted molar refractivity (Wildman–Crippen MR) is 77.2 cm³/mol. The van der Waals surface area contributed by atoms with Crippen molar-refractivity contribution in [3.8, 4) is 0 Å². The largest absolute Gasteiger partial charge is 0.319 e. The first kappa shape index (κ1) is 14.9. The van der Waals surface area contributed by atoms with Crippen molar-refractivity contribution in [1.29, 1.82) is 0 Å². The van der Waals surface area contributed by atoms with Crippen LogP contribution in [0.15, 0.2) is 36.4 Å². The molecule has 1 N–H and O–H groups in total. The van der Waals surface area contributed by atoms with Gasteiger partial charge >= 0.3 is 0 Å². The van der Waals surface area contributed by atoms with Gasteiger partial charge in [-0.1, -0.05) is 17.7 Å². The van der Waals surface area contributed by atoms with Crippen LogP contribution < -0.4 is 5.32 Å². The summed E-state index contributed by atoms with van der Waals surface area (Å²) in [7, 11) is 0. The van der Waals surface area contributed by atoms with Crippen LogP contribution in [0.3, 0.4) is 0 Å². The number of nitro benzene ring substituents is 1. The summed E-state index contributed by atoms with van der Waals surface area (Å²) in [4.78, 5) is 22.0. The summed E-state index contributed by atoms with van der Waals surface area (Å²) >= 11 is 5.92. The number of aryl methyl sites for hydroxylation is 1. The van der Waals surface area contributed by atoms with Gasteiger partial charge in [-0.2, -0.15) is 0 Å². The van der Waals surface area contributed by atoms with E-state index < -0.39 is 16.6 Å². The Hall–Kier alpha value is -2.47. The van der Waals surface area contributed by atoms with Gasteiger partial charge in [-0.15, -0.1) is 0 Å². The molecule has 0 bridgehead atoms. The summed E-state index contributed by atoms with van der Waals surface area (Å²) in [5.41, 5.74) is 0.464. The molecule has 0 atom stereocenters. The smallest absolute Gasteiger partial charge is 0.271 e. The monoisotopic (exact) mass is 308 g/mol. The van der Waals surface area contributed by atoms with Gasteiger partial charge in [0.05, 0.1) is 10.6 Å². The maximum atomic E-state index is 13.6. The van der Waals surface area contributed by atoms with E-state index in [1.807, 2.05) is 0 Å². The maximum Gasteiger partial charge on any atom is 0.271 e. The number of hydrogen-bond donors (Lipinski definition) is 1. The third kappa shape index (κ3) is 3.35. The van der Waals surface area contributed by atoms with E-state index in [1.54, 1.807) is 13.0 Å². The highest BCUT2D eigenvalue weighted by Crippen LogP contribution is 2.23. The topological polar surface area (TPSA) is 72.2 Å². The fourth-order valence-corrected chi connectivity index (χ4v) is 1.83. The van der Waals surface area contributed by atoms with Crippen LogP contribution in [-0.2, 0) is 0 Å². The molecule has 7 heteroatoms.